The zero-order chi connectivity index (χ0) is 44.6. The van der Waals surface area contributed by atoms with Gasteiger partial charge in [-0.25, -0.2) is 0 Å². The predicted octanol–water partition coefficient (Wildman–Crippen LogP) is 15.3. The molecule has 0 spiro atoms. The predicted molar refractivity (Wildman–Crippen MR) is 279 cm³/mol. The Morgan fingerprint density at radius 3 is 1.39 bits per heavy atom. The first-order valence-electron chi connectivity index (χ1n) is 22.6. The van der Waals surface area contributed by atoms with E-state index in [2.05, 4.69) is 225 Å². The lowest BCUT2D eigenvalue weighted by Crippen LogP contribution is -2.10. The number of aromatic amines is 1. The molecule has 7 heteroatoms. The second-order valence-electron chi connectivity index (χ2n) is 16.9. The number of allylic oxidation sites excluding steroid dienone is 1. The van der Waals surface area contributed by atoms with Gasteiger partial charge in [-0.05, 0) is 54.4 Å². The number of H-pyrrole nitrogens is 1. The first-order chi connectivity index (χ1) is 33.2. The minimum atomic E-state index is 0.533. The number of hydrogen-bond donors (Lipinski definition) is 1. The summed E-state index contributed by atoms with van der Waals surface area (Å²) in [5, 5.41) is 9.16. The molecule has 0 aliphatic carbocycles. The molecule has 14 aromatic rings. The zero-order valence-corrected chi connectivity index (χ0v) is 36.6. The van der Waals surface area contributed by atoms with Crippen molar-refractivity contribution in [2.75, 3.05) is 0 Å². The van der Waals surface area contributed by atoms with Crippen LogP contribution in [0.1, 0.15) is 6.92 Å². The van der Waals surface area contributed by atoms with Crippen LogP contribution in [0.2, 0.25) is 0 Å². The molecule has 7 nitrogen and oxygen atoms in total. The molecule has 0 amide bonds. The van der Waals surface area contributed by atoms with Crippen LogP contribution >= 0.6 is 0 Å². The largest absolute Gasteiger partial charge is 0.353 e. The standard InChI is InChI=1S/C57H35N7.C3H6/c1-3-15-35(16-4-1)36-27-29-37(30-28-36)55-59-56(63-49-25-13-9-20-40(49)44-32-31-43-39-19-7-11-23-47(39)58-51(43)52(44)63)61-57(60-55)64-50-26-14-10-22-42(50)46-34-33-45-41-21-8-12-24-48(41)62(53(45)54(46)64)38-17-5-2-6-18-38;1-3-2/h1-34,58H;3H,1H2,2H3. The third-order valence-electron chi connectivity index (χ3n) is 13.1. The van der Waals surface area contributed by atoms with Crippen molar-refractivity contribution >= 4 is 87.2 Å². The number of para-hydroxylation sites is 5. The normalized spacial score (nSPS) is 11.7. The molecular weight excluding hydrogens is 819 g/mol. The number of nitrogens with one attached hydrogen (secondary N) is 1. The fourth-order valence-corrected chi connectivity index (χ4v) is 10.3. The van der Waals surface area contributed by atoms with Crippen LogP contribution in [0.5, 0.6) is 0 Å². The van der Waals surface area contributed by atoms with Crippen LogP contribution in [0.15, 0.2) is 219 Å². The van der Waals surface area contributed by atoms with E-state index in [1.54, 1.807) is 6.08 Å². The average Bonchev–Trinajstić information content (AvgIpc) is 4.14. The van der Waals surface area contributed by atoms with Crippen LogP contribution in [0, 0.1) is 0 Å². The first kappa shape index (κ1) is 38.4. The molecular formula is C60H41N7. The van der Waals surface area contributed by atoms with Gasteiger partial charge in [0, 0.05) is 59.9 Å². The average molecular weight is 860 g/mol. The van der Waals surface area contributed by atoms with E-state index in [0.717, 1.165) is 98.8 Å². The Morgan fingerprint density at radius 1 is 0.373 bits per heavy atom. The van der Waals surface area contributed by atoms with E-state index in [1.165, 1.54) is 10.8 Å². The molecule has 5 heterocycles. The fraction of sp³-hybridized carbons (Fsp3) is 0.0167. The molecule has 0 bridgehead atoms. The number of nitrogens with zero attached hydrogens (tertiary/aromatic N) is 6. The minimum Gasteiger partial charge on any atom is -0.353 e. The summed E-state index contributed by atoms with van der Waals surface area (Å²) in [5.41, 5.74) is 12.7. The smallest absolute Gasteiger partial charge is 0.240 e. The summed E-state index contributed by atoms with van der Waals surface area (Å²) in [4.78, 5) is 20.4. The second kappa shape index (κ2) is 15.3. The number of rotatable bonds is 5. The highest BCUT2D eigenvalue weighted by atomic mass is 15.3. The van der Waals surface area contributed by atoms with Crippen molar-refractivity contribution in [3.63, 3.8) is 0 Å². The molecule has 1 N–H and O–H groups in total. The lowest BCUT2D eigenvalue weighted by Gasteiger charge is -2.14. The van der Waals surface area contributed by atoms with E-state index < -0.39 is 0 Å². The van der Waals surface area contributed by atoms with E-state index in [4.69, 9.17) is 15.0 Å². The molecule has 0 atom stereocenters. The molecule has 0 saturated carbocycles. The number of hydrogen-bond acceptors (Lipinski definition) is 3. The lowest BCUT2D eigenvalue weighted by atomic mass is 10.0. The van der Waals surface area contributed by atoms with Crippen LogP contribution in [0.3, 0.4) is 0 Å². The van der Waals surface area contributed by atoms with Crippen LogP contribution < -0.4 is 0 Å². The van der Waals surface area contributed by atoms with Crippen molar-refractivity contribution < 1.29 is 0 Å². The maximum absolute atomic E-state index is 5.61. The highest BCUT2D eigenvalue weighted by molar-refractivity contribution is 6.24. The molecule has 9 aromatic carbocycles. The van der Waals surface area contributed by atoms with Gasteiger partial charge < -0.3 is 9.55 Å². The summed E-state index contributed by atoms with van der Waals surface area (Å²) in [6.07, 6.45) is 1.75. The van der Waals surface area contributed by atoms with Gasteiger partial charge in [0.15, 0.2) is 5.82 Å². The molecule has 0 aliphatic heterocycles. The summed E-state index contributed by atoms with van der Waals surface area (Å²) < 4.78 is 6.90. The Bertz CT molecular complexity index is 4230. The van der Waals surface area contributed by atoms with Crippen molar-refractivity contribution in [1.82, 2.24) is 33.6 Å². The summed E-state index contributed by atoms with van der Waals surface area (Å²) in [7, 11) is 0. The van der Waals surface area contributed by atoms with Crippen molar-refractivity contribution in [2.24, 2.45) is 0 Å². The monoisotopic (exact) mass is 859 g/mol. The second-order valence-corrected chi connectivity index (χ2v) is 16.9. The van der Waals surface area contributed by atoms with Crippen LogP contribution in [0.4, 0.5) is 0 Å². The van der Waals surface area contributed by atoms with Gasteiger partial charge in [0.1, 0.15) is 0 Å². The van der Waals surface area contributed by atoms with Crippen LogP contribution in [-0.2, 0) is 0 Å². The Balaban J connectivity index is 0.00000145. The summed E-state index contributed by atoms with van der Waals surface area (Å²) in [5.74, 6) is 1.65. The summed E-state index contributed by atoms with van der Waals surface area (Å²) >= 11 is 0. The highest BCUT2D eigenvalue weighted by Crippen LogP contribution is 2.43. The van der Waals surface area contributed by atoms with Gasteiger partial charge in [-0.15, -0.1) is 6.58 Å². The van der Waals surface area contributed by atoms with Gasteiger partial charge in [0.2, 0.25) is 11.9 Å². The molecule has 5 aromatic heterocycles. The van der Waals surface area contributed by atoms with Crippen molar-refractivity contribution in [1.29, 1.82) is 0 Å². The highest BCUT2D eigenvalue weighted by Gasteiger charge is 2.25. The molecule has 316 valence electrons. The maximum Gasteiger partial charge on any atom is 0.240 e. The van der Waals surface area contributed by atoms with Gasteiger partial charge in [-0.1, -0.05) is 176 Å². The van der Waals surface area contributed by atoms with Gasteiger partial charge in [0.25, 0.3) is 0 Å². The molecule has 14 rings (SSSR count). The maximum atomic E-state index is 5.61. The molecule has 0 radical (unpaired) electrons. The van der Waals surface area contributed by atoms with Gasteiger partial charge in [-0.3, -0.25) is 9.13 Å². The Hall–Kier alpha value is -9.07. The van der Waals surface area contributed by atoms with E-state index >= 15 is 0 Å². The fourth-order valence-electron chi connectivity index (χ4n) is 10.3. The third-order valence-corrected chi connectivity index (χ3v) is 13.1. The van der Waals surface area contributed by atoms with E-state index in [1.807, 2.05) is 13.0 Å². The quantitative estimate of drug-likeness (QED) is 0.175. The molecule has 0 saturated heterocycles. The van der Waals surface area contributed by atoms with Crippen LogP contribution in [0.25, 0.3) is 127 Å². The topological polar surface area (TPSA) is 69.2 Å². The van der Waals surface area contributed by atoms with E-state index in [0.29, 0.717) is 17.7 Å². The van der Waals surface area contributed by atoms with Gasteiger partial charge in [0.05, 0.1) is 38.6 Å². The number of fused-ring (bicyclic) bond motifs is 14. The summed E-state index contributed by atoms with van der Waals surface area (Å²) in [6.45, 7) is 5.25. The third kappa shape index (κ3) is 5.88. The van der Waals surface area contributed by atoms with E-state index in [-0.39, 0.29) is 0 Å². The Kier molecular flexibility index (Phi) is 8.76. The SMILES string of the molecule is C=CC.c1ccc(-c2ccc(-c3nc(-n4c5ccccc5c5ccc6c7ccccc7[nH]c6c54)nc(-n4c5ccccc5c5ccc6c7ccccc7n(-c7ccccc7)c6c54)n3)cc2)cc1. The minimum absolute atomic E-state index is 0.533. The molecule has 0 unspecified atom stereocenters. The zero-order valence-electron chi connectivity index (χ0n) is 36.6. The molecule has 0 aliphatic rings. The van der Waals surface area contributed by atoms with Gasteiger partial charge in [-0.2, -0.15) is 15.0 Å². The van der Waals surface area contributed by atoms with Crippen molar-refractivity contribution in [3.8, 4) is 40.1 Å². The Morgan fingerprint density at radius 2 is 0.791 bits per heavy atom. The van der Waals surface area contributed by atoms with Crippen molar-refractivity contribution in [2.45, 2.75) is 6.92 Å². The van der Waals surface area contributed by atoms with Gasteiger partial charge >= 0.3 is 0 Å². The summed E-state index contributed by atoms with van der Waals surface area (Å²) in [6, 6.07) is 73.1. The van der Waals surface area contributed by atoms with Crippen LogP contribution in [-0.4, -0.2) is 33.6 Å². The Labute approximate surface area is 385 Å². The number of aromatic nitrogens is 7. The lowest BCUT2D eigenvalue weighted by molar-refractivity contribution is 0.893. The number of benzene rings is 9. The molecule has 67 heavy (non-hydrogen) atoms. The molecule has 0 fully saturated rings. The van der Waals surface area contributed by atoms with E-state index in [9.17, 15) is 0 Å². The van der Waals surface area contributed by atoms with Crippen molar-refractivity contribution in [3.05, 3.63) is 219 Å². The first-order valence-corrected chi connectivity index (χ1v) is 22.6.